The first-order chi connectivity index (χ1) is 12.3. The molecule has 0 aromatic heterocycles. The van der Waals surface area contributed by atoms with Crippen LogP contribution in [0, 0.1) is 5.92 Å². The SMILES string of the molecule is O=C(CCCS(=O)(=O)N1CCC2CCCC=C2C1)N1CCCC(F)(F)C1. The number of sulfonamides is 1. The third-order valence-electron chi connectivity index (χ3n) is 5.71. The number of rotatable bonds is 5. The highest BCUT2D eigenvalue weighted by Crippen LogP contribution is 2.33. The number of hydrogen-bond donors (Lipinski definition) is 0. The fourth-order valence-electron chi connectivity index (χ4n) is 4.22. The summed E-state index contributed by atoms with van der Waals surface area (Å²) in [5.74, 6) is -2.76. The third-order valence-corrected chi connectivity index (χ3v) is 7.61. The highest BCUT2D eigenvalue weighted by atomic mass is 32.2. The van der Waals surface area contributed by atoms with Gasteiger partial charge in [-0.15, -0.1) is 0 Å². The predicted molar refractivity (Wildman–Crippen MR) is 95.4 cm³/mol. The van der Waals surface area contributed by atoms with Crippen molar-refractivity contribution in [1.82, 2.24) is 9.21 Å². The van der Waals surface area contributed by atoms with Crippen LogP contribution >= 0.6 is 0 Å². The molecule has 0 spiro atoms. The van der Waals surface area contributed by atoms with Crippen molar-refractivity contribution < 1.29 is 22.0 Å². The number of carbonyl (C=O) groups is 1. The smallest absolute Gasteiger partial charge is 0.265 e. The number of amides is 1. The third kappa shape index (κ3) is 4.82. The van der Waals surface area contributed by atoms with Gasteiger partial charge in [-0.2, -0.15) is 4.31 Å². The van der Waals surface area contributed by atoms with E-state index in [1.807, 2.05) is 0 Å². The summed E-state index contributed by atoms with van der Waals surface area (Å²) in [4.78, 5) is 13.3. The van der Waals surface area contributed by atoms with Gasteiger partial charge in [-0.1, -0.05) is 11.6 Å². The first-order valence-corrected chi connectivity index (χ1v) is 11.2. The molecular weight excluding hydrogens is 362 g/mol. The quantitative estimate of drug-likeness (QED) is 0.679. The van der Waals surface area contributed by atoms with Crippen molar-refractivity contribution in [3.8, 4) is 0 Å². The van der Waals surface area contributed by atoms with Crippen molar-refractivity contribution in [1.29, 1.82) is 0 Å². The second-order valence-electron chi connectivity index (χ2n) is 7.72. The lowest BCUT2D eigenvalue weighted by Gasteiger charge is -2.35. The number of fused-ring (bicyclic) bond motifs is 1. The molecule has 1 aliphatic carbocycles. The minimum Gasteiger partial charge on any atom is -0.337 e. The molecule has 0 aromatic rings. The van der Waals surface area contributed by atoms with E-state index in [1.165, 1.54) is 21.2 Å². The van der Waals surface area contributed by atoms with Crippen LogP contribution in [0.25, 0.3) is 0 Å². The van der Waals surface area contributed by atoms with E-state index in [9.17, 15) is 22.0 Å². The van der Waals surface area contributed by atoms with Crippen LogP contribution in [-0.4, -0.2) is 61.4 Å². The van der Waals surface area contributed by atoms with Gasteiger partial charge in [0.25, 0.3) is 5.92 Å². The minimum atomic E-state index is -3.41. The maximum atomic E-state index is 13.4. The summed E-state index contributed by atoms with van der Waals surface area (Å²) in [7, 11) is -3.41. The minimum absolute atomic E-state index is 0.00840. The van der Waals surface area contributed by atoms with Crippen molar-refractivity contribution >= 4 is 15.9 Å². The molecule has 0 saturated carbocycles. The van der Waals surface area contributed by atoms with Gasteiger partial charge >= 0.3 is 0 Å². The Bertz CT molecular complexity index is 663. The van der Waals surface area contributed by atoms with Crippen LogP contribution in [-0.2, 0) is 14.8 Å². The normalized spacial score (nSPS) is 26.9. The Morgan fingerprint density at radius 3 is 2.81 bits per heavy atom. The first-order valence-electron chi connectivity index (χ1n) is 9.59. The van der Waals surface area contributed by atoms with E-state index in [1.54, 1.807) is 0 Å². The molecule has 0 radical (unpaired) electrons. The molecule has 1 atom stereocenters. The largest absolute Gasteiger partial charge is 0.337 e. The van der Waals surface area contributed by atoms with Gasteiger partial charge in [-0.3, -0.25) is 4.79 Å². The fraction of sp³-hybridized carbons (Fsp3) is 0.833. The molecule has 5 nitrogen and oxygen atoms in total. The van der Waals surface area contributed by atoms with Crippen LogP contribution in [0.2, 0.25) is 0 Å². The maximum absolute atomic E-state index is 13.4. The zero-order valence-electron chi connectivity index (χ0n) is 15.1. The molecule has 2 fully saturated rings. The molecule has 26 heavy (non-hydrogen) atoms. The zero-order valence-corrected chi connectivity index (χ0v) is 15.9. The summed E-state index contributed by atoms with van der Waals surface area (Å²) in [6.07, 6.45) is 6.69. The molecule has 1 amide bonds. The van der Waals surface area contributed by atoms with Gasteiger partial charge in [0.2, 0.25) is 15.9 Å². The molecular formula is C18H28F2N2O3S. The number of hydrogen-bond acceptors (Lipinski definition) is 3. The number of alkyl halides is 2. The standard InChI is InChI=1S/C18H28F2N2O3S/c19-18(20)9-4-10-21(14-18)17(23)7-3-12-26(24,25)22-11-8-15-5-1-2-6-16(15)13-22/h6,15H,1-5,7-14H2. The van der Waals surface area contributed by atoms with Crippen molar-refractivity contribution in [3.05, 3.63) is 11.6 Å². The lowest BCUT2D eigenvalue weighted by Crippen LogP contribution is -2.46. The molecule has 148 valence electrons. The van der Waals surface area contributed by atoms with Gasteiger partial charge in [0.05, 0.1) is 12.3 Å². The average molecular weight is 390 g/mol. The maximum Gasteiger partial charge on any atom is 0.265 e. The molecule has 2 heterocycles. The molecule has 0 N–H and O–H groups in total. The number of nitrogens with zero attached hydrogens (tertiary/aromatic N) is 2. The van der Waals surface area contributed by atoms with Crippen molar-refractivity contribution in [2.45, 2.75) is 57.3 Å². The Morgan fingerprint density at radius 2 is 2.04 bits per heavy atom. The van der Waals surface area contributed by atoms with Gasteiger partial charge < -0.3 is 4.90 Å². The summed E-state index contributed by atoms with van der Waals surface area (Å²) >= 11 is 0. The summed E-state index contributed by atoms with van der Waals surface area (Å²) in [5, 5.41) is 0. The van der Waals surface area contributed by atoms with Gasteiger partial charge in [0, 0.05) is 32.5 Å². The van der Waals surface area contributed by atoms with Gasteiger partial charge in [-0.25, -0.2) is 17.2 Å². The Morgan fingerprint density at radius 1 is 1.23 bits per heavy atom. The van der Waals surface area contributed by atoms with Crippen molar-refractivity contribution in [2.24, 2.45) is 5.92 Å². The highest BCUT2D eigenvalue weighted by Gasteiger charge is 2.37. The number of carbonyl (C=O) groups excluding carboxylic acids is 1. The zero-order chi connectivity index (χ0) is 18.8. The number of halogens is 2. The van der Waals surface area contributed by atoms with Crippen LogP contribution in [0.15, 0.2) is 11.6 Å². The Kier molecular flexibility index (Phi) is 6.01. The van der Waals surface area contributed by atoms with Crippen LogP contribution < -0.4 is 0 Å². The molecule has 8 heteroatoms. The predicted octanol–water partition coefficient (Wildman–Crippen LogP) is 2.79. The summed E-state index contributed by atoms with van der Waals surface area (Å²) in [5.41, 5.74) is 1.23. The first kappa shape index (κ1) is 19.7. The average Bonchev–Trinajstić information content (AvgIpc) is 2.60. The van der Waals surface area contributed by atoms with E-state index in [2.05, 4.69) is 6.08 Å². The molecule has 3 rings (SSSR count). The Hall–Kier alpha value is -1.02. The summed E-state index contributed by atoms with van der Waals surface area (Å²) < 4.78 is 53.5. The monoisotopic (exact) mass is 390 g/mol. The van der Waals surface area contributed by atoms with E-state index >= 15 is 0 Å². The second kappa shape index (κ2) is 7.92. The van der Waals surface area contributed by atoms with Crippen LogP contribution in [0.4, 0.5) is 8.78 Å². The molecule has 2 saturated heterocycles. The van der Waals surface area contributed by atoms with E-state index in [-0.39, 0.29) is 30.9 Å². The van der Waals surface area contributed by atoms with Gasteiger partial charge in [0.15, 0.2) is 0 Å². The van der Waals surface area contributed by atoms with Gasteiger partial charge in [0.1, 0.15) is 0 Å². The lowest BCUT2D eigenvalue weighted by molar-refractivity contribution is -0.141. The number of likely N-dealkylation sites (tertiary alicyclic amines) is 1. The van der Waals surface area contributed by atoms with Crippen LogP contribution in [0.1, 0.15) is 51.4 Å². The van der Waals surface area contributed by atoms with Crippen LogP contribution in [0.3, 0.4) is 0 Å². The van der Waals surface area contributed by atoms with Crippen LogP contribution in [0.5, 0.6) is 0 Å². The van der Waals surface area contributed by atoms with E-state index in [4.69, 9.17) is 0 Å². The number of piperidine rings is 2. The van der Waals surface area contributed by atoms with E-state index < -0.39 is 22.5 Å². The molecule has 2 aliphatic heterocycles. The molecule has 3 aliphatic rings. The van der Waals surface area contributed by atoms with E-state index in [0.717, 1.165) is 19.3 Å². The van der Waals surface area contributed by atoms with Crippen molar-refractivity contribution in [3.63, 3.8) is 0 Å². The topological polar surface area (TPSA) is 57.7 Å². The number of allylic oxidation sites excluding steroid dienone is 1. The second-order valence-corrected chi connectivity index (χ2v) is 9.81. The summed E-state index contributed by atoms with van der Waals surface area (Å²) in [6.45, 7) is 0.805. The molecule has 0 bridgehead atoms. The highest BCUT2D eigenvalue weighted by molar-refractivity contribution is 7.89. The summed E-state index contributed by atoms with van der Waals surface area (Å²) in [6, 6.07) is 0. The Balaban J connectivity index is 1.48. The van der Waals surface area contributed by atoms with Gasteiger partial charge in [-0.05, 0) is 44.4 Å². The van der Waals surface area contributed by atoms with Crippen molar-refractivity contribution in [2.75, 3.05) is 31.9 Å². The Labute approximate surface area is 154 Å². The fourth-order valence-corrected chi connectivity index (χ4v) is 5.72. The lowest BCUT2D eigenvalue weighted by atomic mass is 9.83. The molecule has 1 unspecified atom stereocenters. The van der Waals surface area contributed by atoms with E-state index in [0.29, 0.717) is 32.0 Å². The molecule has 0 aromatic carbocycles.